The highest BCUT2D eigenvalue weighted by molar-refractivity contribution is 6.04. The Balaban J connectivity index is 1.91. The highest BCUT2D eigenvalue weighted by Gasteiger charge is 2.09. The summed E-state index contributed by atoms with van der Waals surface area (Å²) in [5, 5.41) is 2.80. The van der Waals surface area contributed by atoms with Crippen molar-refractivity contribution in [2.45, 2.75) is 6.92 Å². The van der Waals surface area contributed by atoms with E-state index in [9.17, 15) is 4.79 Å². The smallest absolute Gasteiger partial charge is 0.256 e. The standard InChI is InChI=1S/C15H14N4O/c1-10-16-12-8-9-13(17-14(12)19(10)2)18-15(20)11-6-4-3-5-7-11/h3-9H,1-2H3,(H,17,18,20). The molecular weight excluding hydrogens is 252 g/mol. The van der Waals surface area contributed by atoms with Gasteiger partial charge in [0.2, 0.25) is 0 Å². The Bertz CT molecular complexity index is 777. The molecule has 5 nitrogen and oxygen atoms in total. The average molecular weight is 266 g/mol. The Morgan fingerprint density at radius 2 is 1.85 bits per heavy atom. The fourth-order valence-corrected chi connectivity index (χ4v) is 2.03. The van der Waals surface area contributed by atoms with Gasteiger partial charge < -0.3 is 9.88 Å². The van der Waals surface area contributed by atoms with E-state index in [1.165, 1.54) is 0 Å². The first-order chi connectivity index (χ1) is 9.65. The minimum Gasteiger partial charge on any atom is -0.316 e. The lowest BCUT2D eigenvalue weighted by molar-refractivity contribution is 0.102. The number of carbonyl (C=O) groups is 1. The zero-order valence-corrected chi connectivity index (χ0v) is 11.3. The third kappa shape index (κ3) is 2.14. The van der Waals surface area contributed by atoms with E-state index in [4.69, 9.17) is 0 Å². The number of rotatable bonds is 2. The first-order valence-electron chi connectivity index (χ1n) is 6.31. The summed E-state index contributed by atoms with van der Waals surface area (Å²) in [5.74, 6) is 1.24. The van der Waals surface area contributed by atoms with Crippen LogP contribution in [-0.2, 0) is 7.05 Å². The van der Waals surface area contributed by atoms with Gasteiger partial charge in [-0.1, -0.05) is 18.2 Å². The van der Waals surface area contributed by atoms with Crippen LogP contribution >= 0.6 is 0 Å². The summed E-state index contributed by atoms with van der Waals surface area (Å²) in [6.45, 7) is 1.92. The normalized spacial score (nSPS) is 10.7. The number of imidazole rings is 1. The van der Waals surface area contributed by atoms with Crippen LogP contribution in [0.25, 0.3) is 11.2 Å². The molecule has 0 aliphatic heterocycles. The largest absolute Gasteiger partial charge is 0.316 e. The molecule has 0 atom stereocenters. The number of hydrogen-bond acceptors (Lipinski definition) is 3. The first-order valence-corrected chi connectivity index (χ1v) is 6.31. The van der Waals surface area contributed by atoms with Crippen LogP contribution in [0, 0.1) is 6.92 Å². The van der Waals surface area contributed by atoms with Crippen molar-refractivity contribution in [2.24, 2.45) is 7.05 Å². The molecule has 0 saturated carbocycles. The molecule has 1 N–H and O–H groups in total. The lowest BCUT2D eigenvalue weighted by Crippen LogP contribution is -2.12. The minimum absolute atomic E-state index is 0.170. The Morgan fingerprint density at radius 1 is 1.10 bits per heavy atom. The molecule has 0 aliphatic carbocycles. The van der Waals surface area contributed by atoms with Crippen LogP contribution in [0.2, 0.25) is 0 Å². The zero-order chi connectivity index (χ0) is 14.1. The summed E-state index contributed by atoms with van der Waals surface area (Å²) in [6.07, 6.45) is 0. The molecule has 2 aromatic heterocycles. The fourth-order valence-electron chi connectivity index (χ4n) is 2.03. The molecule has 20 heavy (non-hydrogen) atoms. The Hall–Kier alpha value is -2.69. The van der Waals surface area contributed by atoms with Gasteiger partial charge in [0.05, 0.1) is 0 Å². The van der Waals surface area contributed by atoms with Crippen LogP contribution in [0.4, 0.5) is 5.82 Å². The quantitative estimate of drug-likeness (QED) is 0.775. The molecule has 0 fully saturated rings. The molecule has 0 spiro atoms. The summed E-state index contributed by atoms with van der Waals surface area (Å²) < 4.78 is 1.90. The molecule has 1 amide bonds. The van der Waals surface area contributed by atoms with E-state index >= 15 is 0 Å². The molecular formula is C15H14N4O. The number of aromatic nitrogens is 3. The Kier molecular flexibility index (Phi) is 2.95. The monoisotopic (exact) mass is 266 g/mol. The van der Waals surface area contributed by atoms with Crippen molar-refractivity contribution in [3.63, 3.8) is 0 Å². The van der Waals surface area contributed by atoms with E-state index in [1.807, 2.05) is 42.8 Å². The lowest BCUT2D eigenvalue weighted by Gasteiger charge is -2.04. The number of hydrogen-bond donors (Lipinski definition) is 1. The van der Waals surface area contributed by atoms with Gasteiger partial charge in [-0.15, -0.1) is 0 Å². The van der Waals surface area contributed by atoms with E-state index in [2.05, 4.69) is 15.3 Å². The highest BCUT2D eigenvalue weighted by Crippen LogP contribution is 2.15. The van der Waals surface area contributed by atoms with Crippen LogP contribution in [0.1, 0.15) is 16.2 Å². The van der Waals surface area contributed by atoms with Crippen molar-refractivity contribution in [1.29, 1.82) is 0 Å². The molecule has 5 heteroatoms. The predicted molar refractivity (Wildman–Crippen MR) is 77.6 cm³/mol. The molecule has 1 aromatic carbocycles. The maximum Gasteiger partial charge on any atom is 0.256 e. The first kappa shape index (κ1) is 12.3. The van der Waals surface area contributed by atoms with Gasteiger partial charge in [-0.3, -0.25) is 4.79 Å². The molecule has 2 heterocycles. The third-order valence-corrected chi connectivity index (χ3v) is 3.22. The second-order valence-electron chi connectivity index (χ2n) is 4.58. The van der Waals surface area contributed by atoms with Crippen molar-refractivity contribution in [3.8, 4) is 0 Å². The van der Waals surface area contributed by atoms with Crippen LogP contribution in [0.15, 0.2) is 42.5 Å². The van der Waals surface area contributed by atoms with Crippen LogP contribution in [0.5, 0.6) is 0 Å². The number of nitrogens with zero attached hydrogens (tertiary/aromatic N) is 3. The lowest BCUT2D eigenvalue weighted by atomic mass is 10.2. The molecule has 0 saturated heterocycles. The number of anilines is 1. The van der Waals surface area contributed by atoms with Crippen LogP contribution in [0.3, 0.4) is 0 Å². The summed E-state index contributed by atoms with van der Waals surface area (Å²) >= 11 is 0. The highest BCUT2D eigenvalue weighted by atomic mass is 16.1. The maximum atomic E-state index is 12.1. The van der Waals surface area contributed by atoms with Gasteiger partial charge in [0.25, 0.3) is 5.91 Å². The predicted octanol–water partition coefficient (Wildman–Crippen LogP) is 2.53. The molecule has 0 aliphatic rings. The SMILES string of the molecule is Cc1nc2ccc(NC(=O)c3ccccc3)nc2n1C. The van der Waals surface area contributed by atoms with E-state index in [0.717, 1.165) is 17.0 Å². The van der Waals surface area contributed by atoms with Crippen molar-refractivity contribution in [1.82, 2.24) is 14.5 Å². The number of pyridine rings is 1. The van der Waals surface area contributed by atoms with E-state index in [0.29, 0.717) is 11.4 Å². The number of carbonyl (C=O) groups excluding carboxylic acids is 1. The van der Waals surface area contributed by atoms with Crippen molar-refractivity contribution >= 4 is 22.9 Å². The summed E-state index contributed by atoms with van der Waals surface area (Å²) in [5.41, 5.74) is 2.19. The summed E-state index contributed by atoms with van der Waals surface area (Å²) in [6, 6.07) is 12.7. The van der Waals surface area contributed by atoms with Gasteiger partial charge in [-0.25, -0.2) is 9.97 Å². The Labute approximate surface area is 116 Å². The number of benzene rings is 1. The third-order valence-electron chi connectivity index (χ3n) is 3.22. The van der Waals surface area contributed by atoms with Crippen LogP contribution in [-0.4, -0.2) is 20.4 Å². The van der Waals surface area contributed by atoms with Crippen molar-refractivity contribution in [2.75, 3.05) is 5.32 Å². The molecule has 3 aromatic rings. The fraction of sp³-hybridized carbons (Fsp3) is 0.133. The van der Waals surface area contributed by atoms with E-state index in [-0.39, 0.29) is 5.91 Å². The molecule has 0 unspecified atom stereocenters. The Morgan fingerprint density at radius 3 is 2.60 bits per heavy atom. The summed E-state index contributed by atoms with van der Waals surface area (Å²) in [4.78, 5) is 20.9. The van der Waals surface area contributed by atoms with Gasteiger partial charge >= 0.3 is 0 Å². The molecule has 0 radical (unpaired) electrons. The minimum atomic E-state index is -0.170. The second-order valence-corrected chi connectivity index (χ2v) is 4.58. The number of nitrogens with one attached hydrogen (secondary N) is 1. The second kappa shape index (κ2) is 4.77. The van der Waals surface area contributed by atoms with E-state index in [1.54, 1.807) is 18.2 Å². The van der Waals surface area contributed by atoms with Gasteiger partial charge in [-0.2, -0.15) is 0 Å². The number of amides is 1. The van der Waals surface area contributed by atoms with Gasteiger partial charge in [0.1, 0.15) is 17.2 Å². The average Bonchev–Trinajstić information content (AvgIpc) is 2.75. The summed E-state index contributed by atoms with van der Waals surface area (Å²) in [7, 11) is 1.90. The molecule has 3 rings (SSSR count). The maximum absolute atomic E-state index is 12.1. The van der Waals surface area contributed by atoms with Gasteiger partial charge in [-0.05, 0) is 31.2 Å². The van der Waals surface area contributed by atoms with Gasteiger partial charge in [0.15, 0.2) is 5.65 Å². The van der Waals surface area contributed by atoms with E-state index < -0.39 is 0 Å². The zero-order valence-electron chi connectivity index (χ0n) is 11.3. The van der Waals surface area contributed by atoms with Crippen molar-refractivity contribution < 1.29 is 4.79 Å². The number of aryl methyl sites for hydroxylation is 2. The molecule has 0 bridgehead atoms. The number of fused-ring (bicyclic) bond motifs is 1. The van der Waals surface area contributed by atoms with Crippen LogP contribution < -0.4 is 5.32 Å². The van der Waals surface area contributed by atoms with Crippen molar-refractivity contribution in [3.05, 3.63) is 53.9 Å². The molecule has 100 valence electrons. The van der Waals surface area contributed by atoms with Gasteiger partial charge in [0, 0.05) is 12.6 Å². The topological polar surface area (TPSA) is 59.8 Å².